The van der Waals surface area contributed by atoms with Gasteiger partial charge in [-0.15, -0.1) is 0 Å². The number of benzene rings is 1. The maximum atomic E-state index is 12.8. The van der Waals surface area contributed by atoms with Crippen molar-refractivity contribution < 1.29 is 14.3 Å². The molecule has 2 unspecified atom stereocenters. The monoisotopic (exact) mass is 392 g/mol. The molecule has 148 valence electrons. The maximum Gasteiger partial charge on any atom is 0.225 e. The average molecular weight is 393 g/mol. The number of amides is 2. The molecule has 2 aliphatic heterocycles. The summed E-state index contributed by atoms with van der Waals surface area (Å²) in [4.78, 5) is 29.2. The van der Waals surface area contributed by atoms with Crippen molar-refractivity contribution >= 4 is 23.4 Å². The highest BCUT2D eigenvalue weighted by molar-refractivity contribution is 6.30. The minimum atomic E-state index is 0.0273. The fourth-order valence-corrected chi connectivity index (χ4v) is 4.31. The third-order valence-electron chi connectivity index (χ3n) is 5.44. The first-order chi connectivity index (χ1) is 12.9. The third kappa shape index (κ3) is 5.45. The van der Waals surface area contributed by atoms with Gasteiger partial charge in [-0.1, -0.05) is 23.7 Å². The molecular formula is C21H29ClN2O3. The minimum absolute atomic E-state index is 0.0273. The zero-order chi connectivity index (χ0) is 19.4. The number of hydrogen-bond acceptors (Lipinski definition) is 3. The summed E-state index contributed by atoms with van der Waals surface area (Å²) in [5.41, 5.74) is 1.08. The molecule has 27 heavy (non-hydrogen) atoms. The zero-order valence-corrected chi connectivity index (χ0v) is 17.0. The molecule has 2 heterocycles. The van der Waals surface area contributed by atoms with Crippen LogP contribution in [0.1, 0.15) is 38.7 Å². The first kappa shape index (κ1) is 20.2. The molecule has 0 bridgehead atoms. The molecule has 5 nitrogen and oxygen atoms in total. The Morgan fingerprint density at radius 1 is 1.11 bits per heavy atom. The van der Waals surface area contributed by atoms with E-state index in [4.69, 9.17) is 16.3 Å². The molecule has 0 radical (unpaired) electrons. The number of morpholine rings is 1. The molecule has 2 atom stereocenters. The van der Waals surface area contributed by atoms with Gasteiger partial charge in [-0.25, -0.2) is 0 Å². The summed E-state index contributed by atoms with van der Waals surface area (Å²) in [5.74, 6) is 0.414. The molecule has 0 aliphatic carbocycles. The van der Waals surface area contributed by atoms with Crippen molar-refractivity contribution in [1.82, 2.24) is 9.80 Å². The summed E-state index contributed by atoms with van der Waals surface area (Å²) in [6, 6.07) is 7.65. The fourth-order valence-electron chi connectivity index (χ4n) is 4.09. The molecule has 1 aromatic carbocycles. The van der Waals surface area contributed by atoms with Crippen LogP contribution in [0.4, 0.5) is 0 Å². The highest BCUT2D eigenvalue weighted by atomic mass is 35.5. The second-order valence-corrected chi connectivity index (χ2v) is 8.22. The molecular weight excluding hydrogens is 364 g/mol. The van der Waals surface area contributed by atoms with Gasteiger partial charge in [0, 0.05) is 43.5 Å². The number of ether oxygens (including phenoxy) is 1. The van der Waals surface area contributed by atoms with Gasteiger partial charge in [0.1, 0.15) is 0 Å². The molecule has 3 rings (SSSR count). The van der Waals surface area contributed by atoms with E-state index < -0.39 is 0 Å². The molecule has 0 aromatic heterocycles. The van der Waals surface area contributed by atoms with Gasteiger partial charge < -0.3 is 14.5 Å². The maximum absolute atomic E-state index is 12.8. The average Bonchev–Trinajstić information content (AvgIpc) is 2.65. The number of carbonyl (C=O) groups excluding carboxylic acids is 2. The van der Waals surface area contributed by atoms with Crippen LogP contribution in [0.2, 0.25) is 5.02 Å². The van der Waals surface area contributed by atoms with Gasteiger partial charge in [0.15, 0.2) is 0 Å². The smallest absolute Gasteiger partial charge is 0.225 e. The molecule has 0 saturated carbocycles. The lowest BCUT2D eigenvalue weighted by atomic mass is 9.94. The number of aryl methyl sites for hydroxylation is 1. The molecule has 2 fully saturated rings. The van der Waals surface area contributed by atoms with E-state index >= 15 is 0 Å². The highest BCUT2D eigenvalue weighted by Crippen LogP contribution is 2.23. The lowest BCUT2D eigenvalue weighted by molar-refractivity contribution is -0.150. The van der Waals surface area contributed by atoms with Crippen LogP contribution in [0.3, 0.4) is 0 Å². The SMILES string of the molecule is CC1CN(C(=O)C2CCN(C(=O)CCc3cccc(Cl)c3)CC2)CC(C)O1. The second kappa shape index (κ2) is 9.07. The molecule has 1 aromatic rings. The van der Waals surface area contributed by atoms with Crippen molar-refractivity contribution in [1.29, 1.82) is 0 Å². The Morgan fingerprint density at radius 3 is 2.41 bits per heavy atom. The lowest BCUT2D eigenvalue weighted by Gasteiger charge is -2.39. The number of carbonyl (C=O) groups is 2. The van der Waals surface area contributed by atoms with Crippen LogP contribution in [-0.4, -0.2) is 60.0 Å². The van der Waals surface area contributed by atoms with E-state index in [1.807, 2.05) is 47.9 Å². The summed E-state index contributed by atoms with van der Waals surface area (Å²) < 4.78 is 5.72. The van der Waals surface area contributed by atoms with Crippen molar-refractivity contribution in [3.8, 4) is 0 Å². The number of rotatable bonds is 4. The molecule has 2 amide bonds. The third-order valence-corrected chi connectivity index (χ3v) is 5.68. The first-order valence-electron chi connectivity index (χ1n) is 9.89. The Kier molecular flexibility index (Phi) is 6.77. The number of halogens is 1. The first-order valence-corrected chi connectivity index (χ1v) is 10.3. The van der Waals surface area contributed by atoms with E-state index in [1.165, 1.54) is 0 Å². The fraction of sp³-hybridized carbons (Fsp3) is 0.619. The van der Waals surface area contributed by atoms with Crippen LogP contribution in [0.15, 0.2) is 24.3 Å². The normalized spacial score (nSPS) is 24.1. The number of nitrogens with zero attached hydrogens (tertiary/aromatic N) is 2. The summed E-state index contributed by atoms with van der Waals surface area (Å²) in [5, 5.41) is 0.700. The Morgan fingerprint density at radius 2 is 1.78 bits per heavy atom. The van der Waals surface area contributed by atoms with Crippen molar-refractivity contribution in [3.63, 3.8) is 0 Å². The van der Waals surface area contributed by atoms with Crippen molar-refractivity contribution in [2.45, 2.75) is 51.7 Å². The topological polar surface area (TPSA) is 49.9 Å². The Balaban J connectivity index is 1.45. The second-order valence-electron chi connectivity index (χ2n) is 7.79. The summed E-state index contributed by atoms with van der Waals surface area (Å²) in [6.45, 7) is 6.69. The molecule has 2 saturated heterocycles. The Hall–Kier alpha value is -1.59. The van der Waals surface area contributed by atoms with Crippen molar-refractivity contribution in [2.24, 2.45) is 5.92 Å². The van der Waals surface area contributed by atoms with E-state index in [0.717, 1.165) is 18.4 Å². The lowest BCUT2D eigenvalue weighted by Crippen LogP contribution is -2.51. The van der Waals surface area contributed by atoms with Crippen molar-refractivity contribution in [2.75, 3.05) is 26.2 Å². The quantitative estimate of drug-likeness (QED) is 0.790. The van der Waals surface area contributed by atoms with Crippen LogP contribution in [0, 0.1) is 5.92 Å². The van der Waals surface area contributed by atoms with E-state index in [2.05, 4.69) is 0 Å². The van der Waals surface area contributed by atoms with Crippen LogP contribution in [0.5, 0.6) is 0 Å². The van der Waals surface area contributed by atoms with Gasteiger partial charge in [0.2, 0.25) is 11.8 Å². The summed E-state index contributed by atoms with van der Waals surface area (Å²) >= 11 is 6.00. The van der Waals surface area contributed by atoms with Crippen LogP contribution in [0.25, 0.3) is 0 Å². The van der Waals surface area contributed by atoms with E-state index in [-0.39, 0.29) is 29.9 Å². The van der Waals surface area contributed by atoms with Gasteiger partial charge >= 0.3 is 0 Å². The summed E-state index contributed by atoms with van der Waals surface area (Å²) in [7, 11) is 0. The molecule has 0 spiro atoms. The summed E-state index contributed by atoms with van der Waals surface area (Å²) in [6.07, 6.45) is 2.86. The Labute approximate surface area is 166 Å². The predicted molar refractivity (Wildman–Crippen MR) is 106 cm³/mol. The van der Waals surface area contributed by atoms with E-state index in [1.54, 1.807) is 0 Å². The van der Waals surface area contributed by atoms with Gasteiger partial charge in [-0.05, 0) is 50.8 Å². The van der Waals surface area contributed by atoms with Crippen LogP contribution < -0.4 is 0 Å². The molecule has 2 aliphatic rings. The van der Waals surface area contributed by atoms with Gasteiger partial charge in [-0.3, -0.25) is 9.59 Å². The van der Waals surface area contributed by atoms with Crippen LogP contribution >= 0.6 is 11.6 Å². The highest BCUT2D eigenvalue weighted by Gasteiger charge is 2.33. The zero-order valence-electron chi connectivity index (χ0n) is 16.2. The number of likely N-dealkylation sites (tertiary alicyclic amines) is 1. The predicted octanol–water partition coefficient (Wildman–Crippen LogP) is 3.15. The van der Waals surface area contributed by atoms with Gasteiger partial charge in [-0.2, -0.15) is 0 Å². The van der Waals surface area contributed by atoms with Gasteiger partial charge in [0.25, 0.3) is 0 Å². The van der Waals surface area contributed by atoms with Crippen molar-refractivity contribution in [3.05, 3.63) is 34.9 Å². The van der Waals surface area contributed by atoms with E-state index in [0.29, 0.717) is 44.0 Å². The molecule has 6 heteroatoms. The Bertz CT molecular complexity index is 663. The van der Waals surface area contributed by atoms with E-state index in [9.17, 15) is 9.59 Å². The minimum Gasteiger partial charge on any atom is -0.372 e. The number of piperidine rings is 1. The largest absolute Gasteiger partial charge is 0.372 e. The standard InChI is InChI=1S/C21H29ClN2O3/c1-15-13-24(14-16(2)27-15)21(26)18-8-10-23(11-9-18)20(25)7-6-17-4-3-5-19(22)12-17/h3-5,12,15-16,18H,6-11,13-14H2,1-2H3. The molecule has 0 N–H and O–H groups in total. The van der Waals surface area contributed by atoms with Crippen LogP contribution in [-0.2, 0) is 20.7 Å². The number of hydrogen-bond donors (Lipinski definition) is 0. The van der Waals surface area contributed by atoms with Gasteiger partial charge in [0.05, 0.1) is 12.2 Å².